The molecule has 4 aromatic carbocycles. The summed E-state index contributed by atoms with van der Waals surface area (Å²) >= 11 is 12.5. The maximum Gasteiger partial charge on any atom is 0.224 e. The molecule has 0 aromatic heterocycles. The highest BCUT2D eigenvalue weighted by atomic mass is 35.5. The van der Waals surface area contributed by atoms with E-state index in [4.69, 9.17) is 37.9 Å². The summed E-state index contributed by atoms with van der Waals surface area (Å²) in [7, 11) is 4.10. The molecule has 0 unspecified atom stereocenters. The number of piperazine rings is 1. The third kappa shape index (κ3) is 9.73. The number of anilines is 2. The van der Waals surface area contributed by atoms with Crippen LogP contribution in [0, 0.1) is 17.1 Å². The first kappa shape index (κ1) is 39.5. The van der Waals surface area contributed by atoms with E-state index in [0.29, 0.717) is 35.2 Å². The number of nitrogens with one attached hydrogen (secondary N) is 1. The first-order valence-corrected chi connectivity index (χ1v) is 19.5. The average Bonchev–Trinajstić information content (AvgIpc) is 3.54. The zero-order valence-corrected chi connectivity index (χ0v) is 32.6. The lowest BCUT2D eigenvalue weighted by atomic mass is 9.81. The Hall–Kier alpha value is -4.17. The number of rotatable bonds is 12. The molecule has 1 amide bonds. The van der Waals surface area contributed by atoms with Crippen molar-refractivity contribution in [2.75, 3.05) is 70.2 Å². The third-order valence-electron chi connectivity index (χ3n) is 10.3. The number of nitriles is 1. The van der Waals surface area contributed by atoms with Gasteiger partial charge in [-0.25, -0.2) is 4.39 Å². The van der Waals surface area contributed by atoms with E-state index in [-0.39, 0.29) is 11.7 Å². The molecule has 3 aliphatic rings. The lowest BCUT2D eigenvalue weighted by Crippen LogP contribution is -2.46. The van der Waals surface area contributed by atoms with Gasteiger partial charge in [-0.2, -0.15) is 5.26 Å². The Balaban J connectivity index is 0.000000189. The molecule has 1 fully saturated rings. The zero-order chi connectivity index (χ0) is 38.1. The molecule has 284 valence electrons. The average molecular weight is 773 g/mol. The van der Waals surface area contributed by atoms with Gasteiger partial charge in [-0.1, -0.05) is 53.5 Å². The van der Waals surface area contributed by atoms with Gasteiger partial charge in [0.05, 0.1) is 40.6 Å². The second-order valence-corrected chi connectivity index (χ2v) is 15.1. The summed E-state index contributed by atoms with van der Waals surface area (Å²) in [4.78, 5) is 18.5. The van der Waals surface area contributed by atoms with E-state index in [1.54, 1.807) is 12.1 Å². The number of benzene rings is 4. The Morgan fingerprint density at radius 3 is 2.50 bits per heavy atom. The minimum absolute atomic E-state index is 0.0809. The van der Waals surface area contributed by atoms with Crippen molar-refractivity contribution in [3.05, 3.63) is 123 Å². The van der Waals surface area contributed by atoms with Crippen LogP contribution in [0.2, 0.25) is 10.0 Å². The summed E-state index contributed by atoms with van der Waals surface area (Å²) in [6.45, 7) is 7.14. The van der Waals surface area contributed by atoms with Crippen molar-refractivity contribution in [3.8, 4) is 11.8 Å². The fourth-order valence-electron chi connectivity index (χ4n) is 7.43. The minimum atomic E-state index is -0.562. The Morgan fingerprint density at radius 1 is 0.944 bits per heavy atom. The zero-order valence-electron chi connectivity index (χ0n) is 31.1. The summed E-state index contributed by atoms with van der Waals surface area (Å²) in [5.74, 6) is 0.653. The van der Waals surface area contributed by atoms with Crippen molar-refractivity contribution in [1.29, 1.82) is 5.26 Å². The number of hydrogen-bond donors (Lipinski definition) is 1. The molecule has 11 heteroatoms. The first-order valence-electron chi connectivity index (χ1n) is 18.7. The molecule has 1 N–H and O–H groups in total. The van der Waals surface area contributed by atoms with E-state index < -0.39 is 5.60 Å². The molecule has 0 bridgehead atoms. The second-order valence-electron chi connectivity index (χ2n) is 14.3. The Morgan fingerprint density at radius 2 is 1.74 bits per heavy atom. The maximum atomic E-state index is 13.4. The number of carbonyl (C=O) groups excluding carboxylic acids is 1. The maximum absolute atomic E-state index is 13.4. The van der Waals surface area contributed by atoms with Gasteiger partial charge < -0.3 is 24.6 Å². The largest absolute Gasteiger partial charge is 0.494 e. The molecule has 3 heterocycles. The van der Waals surface area contributed by atoms with Crippen molar-refractivity contribution < 1.29 is 18.7 Å². The van der Waals surface area contributed by atoms with Crippen LogP contribution in [0.25, 0.3) is 0 Å². The van der Waals surface area contributed by atoms with Crippen molar-refractivity contribution in [3.63, 3.8) is 0 Å². The monoisotopic (exact) mass is 771 g/mol. The highest BCUT2D eigenvalue weighted by Crippen LogP contribution is 2.45. The fourth-order valence-corrected chi connectivity index (χ4v) is 7.84. The summed E-state index contributed by atoms with van der Waals surface area (Å²) in [6, 6.07) is 26.3. The number of amides is 1. The molecule has 4 aromatic rings. The van der Waals surface area contributed by atoms with Crippen LogP contribution in [0.15, 0.2) is 78.9 Å². The Labute approximate surface area is 328 Å². The van der Waals surface area contributed by atoms with Crippen LogP contribution in [-0.4, -0.2) is 75.7 Å². The second kappa shape index (κ2) is 18.4. The van der Waals surface area contributed by atoms with Crippen LogP contribution in [0.3, 0.4) is 0 Å². The highest BCUT2D eigenvalue weighted by molar-refractivity contribution is 6.43. The molecule has 3 aliphatic heterocycles. The molecule has 7 rings (SSSR count). The predicted octanol–water partition coefficient (Wildman–Crippen LogP) is 8.67. The Kier molecular flexibility index (Phi) is 13.5. The van der Waals surface area contributed by atoms with E-state index in [1.165, 1.54) is 17.7 Å². The summed E-state index contributed by atoms with van der Waals surface area (Å²) < 4.78 is 25.5. The molecular formula is C43H48Cl2FN5O3. The van der Waals surface area contributed by atoms with Crippen molar-refractivity contribution in [1.82, 2.24) is 9.80 Å². The topological polar surface area (TPSA) is 81.1 Å². The number of ether oxygens (including phenoxy) is 2. The van der Waals surface area contributed by atoms with Gasteiger partial charge in [0.2, 0.25) is 5.91 Å². The number of aryl methyl sites for hydroxylation is 1. The van der Waals surface area contributed by atoms with Crippen LogP contribution < -0.4 is 15.0 Å². The number of carbonyl (C=O) groups is 1. The van der Waals surface area contributed by atoms with Gasteiger partial charge in [-0.05, 0) is 124 Å². The molecule has 0 radical (unpaired) electrons. The SMILES string of the molecule is CN(C)CCC[C@@]1(c2ccc(F)cc2)OCc2cc(C#N)ccc21.O=C1CCc2ccc(OCCCCN3CCN(c4cccc(Cl)c4Cl)CC3)cc2N1. The highest BCUT2D eigenvalue weighted by Gasteiger charge is 2.41. The fraction of sp³-hybridized carbons (Fsp3) is 0.395. The van der Waals surface area contributed by atoms with Crippen LogP contribution >= 0.6 is 23.2 Å². The Bertz CT molecular complexity index is 1940. The first-order chi connectivity index (χ1) is 26.1. The molecule has 0 saturated carbocycles. The summed E-state index contributed by atoms with van der Waals surface area (Å²) in [5.41, 5.74) is 6.27. The van der Waals surface area contributed by atoms with E-state index in [9.17, 15) is 9.18 Å². The smallest absolute Gasteiger partial charge is 0.224 e. The molecule has 0 spiro atoms. The quantitative estimate of drug-likeness (QED) is 0.145. The molecule has 54 heavy (non-hydrogen) atoms. The number of fused-ring (bicyclic) bond motifs is 2. The van der Waals surface area contributed by atoms with Gasteiger partial charge in [-0.15, -0.1) is 0 Å². The lowest BCUT2D eigenvalue weighted by Gasteiger charge is -2.36. The van der Waals surface area contributed by atoms with Gasteiger partial charge >= 0.3 is 0 Å². The van der Waals surface area contributed by atoms with Crippen LogP contribution in [0.5, 0.6) is 5.75 Å². The lowest BCUT2D eigenvalue weighted by molar-refractivity contribution is -0.116. The number of hydrogen-bond acceptors (Lipinski definition) is 7. The number of nitrogens with zero attached hydrogens (tertiary/aromatic N) is 4. The van der Waals surface area contributed by atoms with E-state index in [2.05, 4.69) is 32.2 Å². The summed E-state index contributed by atoms with van der Waals surface area (Å²) in [6.07, 6.45) is 5.24. The third-order valence-corrected chi connectivity index (χ3v) is 11.2. The van der Waals surface area contributed by atoms with E-state index in [1.807, 2.05) is 62.6 Å². The molecule has 0 aliphatic carbocycles. The van der Waals surface area contributed by atoms with Crippen LogP contribution in [0.4, 0.5) is 15.8 Å². The summed E-state index contributed by atoms with van der Waals surface area (Å²) in [5, 5.41) is 13.3. The normalized spacial score (nSPS) is 17.9. The van der Waals surface area contributed by atoms with Gasteiger partial charge in [0.1, 0.15) is 17.2 Å². The van der Waals surface area contributed by atoms with Crippen molar-refractivity contribution in [2.24, 2.45) is 0 Å². The van der Waals surface area contributed by atoms with Crippen LogP contribution in [-0.2, 0) is 28.2 Å². The van der Waals surface area contributed by atoms with Gasteiger partial charge in [0.15, 0.2) is 0 Å². The molecular weight excluding hydrogens is 724 g/mol. The van der Waals surface area contributed by atoms with E-state index >= 15 is 0 Å². The standard InChI is InChI=1S/C23H27Cl2N3O2.C20H21FN2O/c24-19-4-3-5-21(23(19)25)28-13-11-27(12-14-28)10-1-2-15-30-18-8-6-17-7-9-22(29)26-20(17)16-18;1-23(2)11-3-10-20(17-5-7-18(21)8-6-17)19-9-4-15(13-22)12-16(19)14-24-20/h3-6,8,16H,1-2,7,9-15H2,(H,26,29);4-9,12H,3,10-11,14H2,1-2H3/t;20-/m.0/s1. The predicted molar refractivity (Wildman–Crippen MR) is 214 cm³/mol. The van der Waals surface area contributed by atoms with Gasteiger partial charge in [0.25, 0.3) is 0 Å². The van der Waals surface area contributed by atoms with Crippen molar-refractivity contribution >= 4 is 40.5 Å². The molecule has 1 atom stereocenters. The van der Waals surface area contributed by atoms with Crippen molar-refractivity contribution in [2.45, 2.75) is 50.7 Å². The van der Waals surface area contributed by atoms with Gasteiger partial charge in [-0.3, -0.25) is 9.69 Å². The van der Waals surface area contributed by atoms with Crippen LogP contribution in [0.1, 0.15) is 59.9 Å². The van der Waals surface area contributed by atoms with E-state index in [0.717, 1.165) is 105 Å². The van der Waals surface area contributed by atoms with Gasteiger partial charge in [0, 0.05) is 44.4 Å². The molecule has 8 nitrogen and oxygen atoms in total. The molecule has 1 saturated heterocycles. The number of unbranched alkanes of at least 4 members (excludes halogenated alkanes) is 1. The number of halogens is 3. The minimum Gasteiger partial charge on any atom is -0.494 e.